The van der Waals surface area contributed by atoms with Crippen LogP contribution in [0.1, 0.15) is 17.0 Å². The lowest BCUT2D eigenvalue weighted by molar-refractivity contribution is -0.385. The van der Waals surface area contributed by atoms with Crippen molar-refractivity contribution in [2.24, 2.45) is 0 Å². The molecule has 3 nitrogen and oxygen atoms in total. The van der Waals surface area contributed by atoms with Crippen molar-refractivity contribution >= 4 is 11.8 Å². The molecular formula is C11H11FNO2. The van der Waals surface area contributed by atoms with Gasteiger partial charge in [-0.2, -0.15) is 0 Å². The summed E-state index contributed by atoms with van der Waals surface area (Å²) in [5, 5.41) is 10.7. The van der Waals surface area contributed by atoms with Crippen LogP contribution in [0.3, 0.4) is 0 Å². The fraction of sp³-hybridized carbons (Fsp3) is 0.182. The number of rotatable bonds is 4. The van der Waals surface area contributed by atoms with Gasteiger partial charge in [-0.05, 0) is 12.5 Å². The van der Waals surface area contributed by atoms with Crippen LogP contribution in [0.15, 0.2) is 24.8 Å². The van der Waals surface area contributed by atoms with Crippen LogP contribution in [-0.2, 0) is 0 Å². The van der Waals surface area contributed by atoms with Gasteiger partial charge in [0.2, 0.25) is 0 Å². The summed E-state index contributed by atoms with van der Waals surface area (Å²) in [4.78, 5) is 10.2. The van der Waals surface area contributed by atoms with Crippen LogP contribution in [0.2, 0.25) is 0 Å². The first-order valence-electron chi connectivity index (χ1n) is 4.40. The monoisotopic (exact) mass is 208 g/mol. The third-order valence-electron chi connectivity index (χ3n) is 2.14. The molecule has 0 N–H and O–H groups in total. The van der Waals surface area contributed by atoms with Gasteiger partial charge in [-0.3, -0.25) is 14.5 Å². The Morgan fingerprint density at radius 1 is 1.60 bits per heavy atom. The molecule has 4 heteroatoms. The molecule has 0 spiro atoms. The van der Waals surface area contributed by atoms with E-state index in [0.29, 0.717) is 11.1 Å². The quantitative estimate of drug-likeness (QED) is 0.563. The van der Waals surface area contributed by atoms with Crippen LogP contribution < -0.4 is 0 Å². The highest BCUT2D eigenvalue weighted by Crippen LogP contribution is 2.28. The van der Waals surface area contributed by atoms with E-state index in [1.54, 1.807) is 6.07 Å². The maximum Gasteiger partial charge on any atom is 0.276 e. The first-order valence-corrected chi connectivity index (χ1v) is 4.40. The molecule has 1 rings (SSSR count). The zero-order valence-electron chi connectivity index (χ0n) is 8.15. The third-order valence-corrected chi connectivity index (χ3v) is 2.14. The average Bonchev–Trinajstić information content (AvgIpc) is 2.26. The summed E-state index contributed by atoms with van der Waals surface area (Å²) < 4.78 is 12.5. The highest BCUT2D eigenvalue weighted by molar-refractivity contribution is 5.64. The lowest BCUT2D eigenvalue weighted by atomic mass is 9.95. The summed E-state index contributed by atoms with van der Waals surface area (Å²) in [5.41, 5.74) is 0.798. The fourth-order valence-corrected chi connectivity index (χ4v) is 1.39. The minimum atomic E-state index is -0.651. The second-order valence-electron chi connectivity index (χ2n) is 3.09. The third kappa shape index (κ3) is 2.21. The molecular weight excluding hydrogens is 197 g/mol. The van der Waals surface area contributed by atoms with E-state index in [0.717, 1.165) is 0 Å². The van der Waals surface area contributed by atoms with Crippen molar-refractivity contribution in [1.29, 1.82) is 0 Å². The van der Waals surface area contributed by atoms with Gasteiger partial charge in [0.25, 0.3) is 5.69 Å². The molecule has 1 aromatic rings. The SMILES string of the molecule is [CH2]C(CF)c1cccc([N+](=O)[O-])c1C=C. The summed E-state index contributed by atoms with van der Waals surface area (Å²) in [5.74, 6) is -0.599. The van der Waals surface area contributed by atoms with Crippen molar-refractivity contribution in [3.05, 3.63) is 52.9 Å². The van der Waals surface area contributed by atoms with Crippen molar-refractivity contribution in [3.8, 4) is 0 Å². The molecule has 79 valence electrons. The Bertz CT molecular complexity index is 390. The van der Waals surface area contributed by atoms with Crippen LogP contribution in [0.25, 0.3) is 6.08 Å². The Kier molecular flexibility index (Phi) is 3.55. The van der Waals surface area contributed by atoms with Crippen molar-refractivity contribution < 1.29 is 9.31 Å². The van der Waals surface area contributed by atoms with E-state index in [-0.39, 0.29) is 5.69 Å². The lowest BCUT2D eigenvalue weighted by Crippen LogP contribution is -2.01. The average molecular weight is 208 g/mol. The summed E-state index contributed by atoms with van der Waals surface area (Å²) in [6.45, 7) is 6.44. The van der Waals surface area contributed by atoms with E-state index < -0.39 is 17.5 Å². The molecule has 1 aromatic carbocycles. The predicted molar refractivity (Wildman–Crippen MR) is 57.3 cm³/mol. The first-order chi connectivity index (χ1) is 7.11. The molecule has 1 unspecified atom stereocenters. The Hall–Kier alpha value is -1.71. The summed E-state index contributed by atoms with van der Waals surface area (Å²) in [6.07, 6.45) is 1.36. The molecule has 0 aliphatic carbocycles. The molecule has 0 aliphatic rings. The van der Waals surface area contributed by atoms with Gasteiger partial charge >= 0.3 is 0 Å². The molecule has 15 heavy (non-hydrogen) atoms. The van der Waals surface area contributed by atoms with Gasteiger partial charge < -0.3 is 0 Å². The number of nitro benzene ring substituents is 1. The zero-order chi connectivity index (χ0) is 11.4. The van der Waals surface area contributed by atoms with Crippen LogP contribution >= 0.6 is 0 Å². The smallest absolute Gasteiger partial charge is 0.258 e. The second kappa shape index (κ2) is 4.68. The van der Waals surface area contributed by atoms with Gasteiger partial charge in [0.1, 0.15) is 0 Å². The zero-order valence-corrected chi connectivity index (χ0v) is 8.15. The molecule has 0 saturated heterocycles. The second-order valence-corrected chi connectivity index (χ2v) is 3.09. The molecule has 0 saturated carbocycles. The summed E-state index contributed by atoms with van der Waals surface area (Å²) in [7, 11) is 0. The number of halogens is 1. The molecule has 0 heterocycles. The minimum Gasteiger partial charge on any atom is -0.258 e. The topological polar surface area (TPSA) is 43.1 Å². The number of alkyl halides is 1. The largest absolute Gasteiger partial charge is 0.276 e. The molecule has 1 atom stereocenters. The molecule has 0 aromatic heterocycles. The van der Waals surface area contributed by atoms with Crippen molar-refractivity contribution in [2.75, 3.05) is 6.67 Å². The van der Waals surface area contributed by atoms with Crippen molar-refractivity contribution in [3.63, 3.8) is 0 Å². The van der Waals surface area contributed by atoms with Crippen LogP contribution in [0.4, 0.5) is 10.1 Å². The maximum atomic E-state index is 12.5. The first kappa shape index (κ1) is 11.4. The van der Waals surface area contributed by atoms with E-state index in [1.165, 1.54) is 18.2 Å². The minimum absolute atomic E-state index is 0.0652. The standard InChI is InChI=1S/C11H11FNO2/c1-3-9-10(8(2)7-12)5-4-6-11(9)13(14)15/h3-6,8H,1-2,7H2. The Balaban J connectivity index is 3.34. The fourth-order valence-electron chi connectivity index (χ4n) is 1.39. The number of benzene rings is 1. The molecule has 0 bridgehead atoms. The lowest BCUT2D eigenvalue weighted by Gasteiger charge is -2.10. The highest BCUT2D eigenvalue weighted by atomic mass is 19.1. The number of nitro groups is 1. The van der Waals surface area contributed by atoms with Gasteiger partial charge in [0.05, 0.1) is 17.2 Å². The number of hydrogen-bond acceptors (Lipinski definition) is 2. The van der Waals surface area contributed by atoms with E-state index in [4.69, 9.17) is 0 Å². The summed E-state index contributed by atoms with van der Waals surface area (Å²) in [6, 6.07) is 4.51. The Morgan fingerprint density at radius 2 is 2.27 bits per heavy atom. The van der Waals surface area contributed by atoms with Gasteiger partial charge in [0, 0.05) is 12.0 Å². The molecule has 0 aliphatic heterocycles. The molecule has 0 fully saturated rings. The predicted octanol–water partition coefficient (Wildman–Crippen LogP) is 3.12. The van der Waals surface area contributed by atoms with E-state index in [9.17, 15) is 14.5 Å². The Morgan fingerprint density at radius 3 is 2.73 bits per heavy atom. The normalized spacial score (nSPS) is 12.1. The van der Waals surface area contributed by atoms with Crippen molar-refractivity contribution in [2.45, 2.75) is 5.92 Å². The van der Waals surface area contributed by atoms with E-state index in [1.807, 2.05) is 0 Å². The van der Waals surface area contributed by atoms with Crippen LogP contribution in [-0.4, -0.2) is 11.6 Å². The Labute approximate surface area is 87.4 Å². The number of nitrogens with zero attached hydrogens (tertiary/aromatic N) is 1. The van der Waals surface area contributed by atoms with Crippen LogP contribution in [0, 0.1) is 17.0 Å². The van der Waals surface area contributed by atoms with E-state index >= 15 is 0 Å². The van der Waals surface area contributed by atoms with E-state index in [2.05, 4.69) is 13.5 Å². The molecule has 1 radical (unpaired) electrons. The van der Waals surface area contributed by atoms with Gasteiger partial charge in [-0.15, -0.1) is 0 Å². The molecule has 0 amide bonds. The van der Waals surface area contributed by atoms with Gasteiger partial charge in [0.15, 0.2) is 0 Å². The number of hydrogen-bond donors (Lipinski definition) is 0. The maximum absolute atomic E-state index is 12.5. The summed E-state index contributed by atoms with van der Waals surface area (Å²) >= 11 is 0. The van der Waals surface area contributed by atoms with Gasteiger partial charge in [-0.1, -0.05) is 24.8 Å². The highest BCUT2D eigenvalue weighted by Gasteiger charge is 2.17. The van der Waals surface area contributed by atoms with Crippen LogP contribution in [0.5, 0.6) is 0 Å². The van der Waals surface area contributed by atoms with Gasteiger partial charge in [-0.25, -0.2) is 0 Å². The van der Waals surface area contributed by atoms with Crippen molar-refractivity contribution in [1.82, 2.24) is 0 Å².